The lowest BCUT2D eigenvalue weighted by Crippen LogP contribution is -2.25. The molecule has 4 N–H and O–H groups in total. The lowest BCUT2D eigenvalue weighted by molar-refractivity contribution is 0.0952. The third-order valence-corrected chi connectivity index (χ3v) is 5.90. The van der Waals surface area contributed by atoms with Gasteiger partial charge in [-0.3, -0.25) is 9.20 Å². The van der Waals surface area contributed by atoms with Crippen molar-refractivity contribution < 1.29 is 19.1 Å². The van der Waals surface area contributed by atoms with E-state index in [0.29, 0.717) is 36.6 Å². The lowest BCUT2D eigenvalue weighted by Gasteiger charge is -2.12. The smallest absolute Gasteiger partial charge is 0.404 e. The number of aryl methyl sites for hydroxylation is 1. The summed E-state index contributed by atoms with van der Waals surface area (Å²) in [6.07, 6.45) is 6.95. The van der Waals surface area contributed by atoms with Gasteiger partial charge in [0.05, 0.1) is 25.6 Å². The summed E-state index contributed by atoms with van der Waals surface area (Å²) >= 11 is 0. The van der Waals surface area contributed by atoms with Crippen LogP contribution >= 0.6 is 0 Å². The average molecular weight is 503 g/mol. The summed E-state index contributed by atoms with van der Waals surface area (Å²) in [5.41, 5.74) is 9.81. The van der Waals surface area contributed by atoms with E-state index >= 15 is 0 Å². The number of rotatable bonds is 11. The monoisotopic (exact) mass is 502 g/mol. The van der Waals surface area contributed by atoms with Crippen molar-refractivity contribution in [3.63, 3.8) is 0 Å². The Morgan fingerprint density at radius 2 is 1.86 bits per heavy atom. The number of unbranched alkanes of at least 4 members (excludes halogenated alkanes) is 2. The topological polar surface area (TPSA) is 133 Å². The number of anilines is 2. The second kappa shape index (κ2) is 11.9. The van der Waals surface area contributed by atoms with E-state index in [2.05, 4.69) is 20.6 Å². The largest absolute Gasteiger partial charge is 0.497 e. The highest BCUT2D eigenvalue weighted by Gasteiger charge is 2.13. The third kappa shape index (κ3) is 6.35. The first-order chi connectivity index (χ1) is 18.0. The van der Waals surface area contributed by atoms with Gasteiger partial charge in [0.25, 0.3) is 5.91 Å². The molecule has 10 heteroatoms. The van der Waals surface area contributed by atoms with Crippen molar-refractivity contribution in [3.05, 3.63) is 72.2 Å². The molecule has 2 aromatic heterocycles. The zero-order valence-electron chi connectivity index (χ0n) is 20.9. The van der Waals surface area contributed by atoms with Gasteiger partial charge in [-0.25, -0.2) is 14.8 Å². The predicted octanol–water partition coefficient (Wildman–Crippen LogP) is 4.45. The second-order valence-corrected chi connectivity index (χ2v) is 8.48. The summed E-state index contributed by atoms with van der Waals surface area (Å²) in [4.78, 5) is 32.2. The maximum Gasteiger partial charge on any atom is 0.404 e. The maximum absolute atomic E-state index is 12.6. The highest BCUT2D eigenvalue weighted by atomic mass is 16.5. The molecule has 2 amide bonds. The van der Waals surface area contributed by atoms with E-state index in [9.17, 15) is 9.59 Å². The molecule has 0 saturated heterocycles. The van der Waals surface area contributed by atoms with Crippen molar-refractivity contribution >= 4 is 29.2 Å². The number of carbonyl (C=O) groups is 2. The second-order valence-electron chi connectivity index (χ2n) is 8.48. The molecule has 2 heterocycles. The number of nitrogens with one attached hydrogen (secondary N) is 2. The van der Waals surface area contributed by atoms with Gasteiger partial charge in [-0.15, -0.1) is 0 Å². The minimum Gasteiger partial charge on any atom is -0.497 e. The van der Waals surface area contributed by atoms with Crippen LogP contribution in [0.3, 0.4) is 0 Å². The zero-order chi connectivity index (χ0) is 26.2. The minimum absolute atomic E-state index is 0.130. The average Bonchev–Trinajstić information content (AvgIpc) is 3.33. The van der Waals surface area contributed by atoms with E-state index in [1.807, 2.05) is 60.1 Å². The van der Waals surface area contributed by atoms with Gasteiger partial charge in [-0.2, -0.15) is 0 Å². The molecule has 37 heavy (non-hydrogen) atoms. The number of imidazole rings is 1. The number of fused-ring (bicyclic) bond motifs is 1. The van der Waals surface area contributed by atoms with Crippen molar-refractivity contribution in [3.8, 4) is 17.0 Å². The number of methoxy groups -OCH3 is 1. The summed E-state index contributed by atoms with van der Waals surface area (Å²) < 4.78 is 11.9. The Morgan fingerprint density at radius 1 is 1.05 bits per heavy atom. The molecule has 0 bridgehead atoms. The summed E-state index contributed by atoms with van der Waals surface area (Å²) in [6, 6.07) is 13.4. The molecular formula is C27H30N6O4. The lowest BCUT2D eigenvalue weighted by atomic mass is 10.1. The molecular weight excluding hydrogens is 472 g/mol. The number of hydrogen-bond donors (Lipinski definition) is 3. The fraction of sp³-hybridized carbons (Fsp3) is 0.259. The molecule has 0 aliphatic heterocycles. The Morgan fingerprint density at radius 3 is 2.59 bits per heavy atom. The predicted molar refractivity (Wildman–Crippen MR) is 141 cm³/mol. The van der Waals surface area contributed by atoms with E-state index in [-0.39, 0.29) is 5.91 Å². The van der Waals surface area contributed by atoms with E-state index in [0.717, 1.165) is 41.1 Å². The van der Waals surface area contributed by atoms with Crippen molar-refractivity contribution in [2.45, 2.75) is 26.2 Å². The van der Waals surface area contributed by atoms with Crippen molar-refractivity contribution in [1.82, 2.24) is 19.7 Å². The third-order valence-electron chi connectivity index (χ3n) is 5.90. The van der Waals surface area contributed by atoms with Gasteiger partial charge < -0.3 is 25.8 Å². The first-order valence-electron chi connectivity index (χ1n) is 12.0. The van der Waals surface area contributed by atoms with E-state index in [4.69, 9.17) is 15.2 Å². The molecule has 0 aliphatic rings. The highest BCUT2D eigenvalue weighted by molar-refractivity contribution is 5.96. The van der Waals surface area contributed by atoms with Crippen molar-refractivity contribution in [1.29, 1.82) is 0 Å². The van der Waals surface area contributed by atoms with Gasteiger partial charge in [0.1, 0.15) is 5.75 Å². The number of nitrogens with two attached hydrogens (primary N) is 1. The Labute approximate surface area is 214 Å². The number of aromatic nitrogens is 3. The molecule has 0 radical (unpaired) electrons. The fourth-order valence-corrected chi connectivity index (χ4v) is 3.99. The fourth-order valence-electron chi connectivity index (χ4n) is 3.99. The summed E-state index contributed by atoms with van der Waals surface area (Å²) in [6.45, 7) is 2.73. The summed E-state index contributed by atoms with van der Waals surface area (Å²) in [5, 5.41) is 6.26. The van der Waals surface area contributed by atoms with Crippen LogP contribution < -0.4 is 21.1 Å². The first kappa shape index (κ1) is 25.5. The SMILES string of the molecule is COc1ccc(-c2cnc3c(Nc4ccc(C(=O)NCCCCCOC(N)=O)c(C)c4)nccn23)cc1. The van der Waals surface area contributed by atoms with Gasteiger partial charge in [0, 0.05) is 35.8 Å². The zero-order valence-corrected chi connectivity index (χ0v) is 20.9. The molecule has 0 spiro atoms. The van der Waals surface area contributed by atoms with Gasteiger partial charge >= 0.3 is 6.09 Å². The molecule has 0 unspecified atom stereocenters. The van der Waals surface area contributed by atoms with Gasteiger partial charge in [0.15, 0.2) is 11.5 Å². The Balaban J connectivity index is 1.39. The quantitative estimate of drug-likeness (QED) is 0.258. The Hall–Kier alpha value is -4.60. The van der Waals surface area contributed by atoms with Crippen LogP contribution in [0, 0.1) is 6.92 Å². The molecule has 0 atom stereocenters. The minimum atomic E-state index is -0.766. The van der Waals surface area contributed by atoms with Gasteiger partial charge in [0.2, 0.25) is 0 Å². The van der Waals surface area contributed by atoms with Crippen LogP contribution in [-0.4, -0.2) is 46.6 Å². The van der Waals surface area contributed by atoms with Crippen LogP contribution in [0.2, 0.25) is 0 Å². The number of primary amides is 1. The molecule has 10 nitrogen and oxygen atoms in total. The van der Waals surface area contributed by atoms with Crippen LogP contribution in [-0.2, 0) is 4.74 Å². The Kier molecular flexibility index (Phi) is 8.19. The molecule has 2 aromatic carbocycles. The number of carbonyl (C=O) groups excluding carboxylic acids is 2. The standard InChI is InChI=1S/C27H30N6O4/c1-18-16-20(8-11-22(18)26(34)30-12-4-3-5-15-37-27(28)35)32-24-25-31-17-23(33(25)14-13-29-24)19-6-9-21(36-2)10-7-19/h6-11,13-14,16-17H,3-5,12,15H2,1-2H3,(H2,28,35)(H,29,32)(H,30,34). The molecule has 192 valence electrons. The number of amides is 2. The van der Waals surface area contributed by atoms with E-state index in [1.54, 1.807) is 19.4 Å². The molecule has 0 saturated carbocycles. The summed E-state index contributed by atoms with van der Waals surface area (Å²) in [7, 11) is 1.64. The van der Waals surface area contributed by atoms with E-state index in [1.165, 1.54) is 0 Å². The van der Waals surface area contributed by atoms with E-state index < -0.39 is 6.09 Å². The normalized spacial score (nSPS) is 10.8. The first-order valence-corrected chi connectivity index (χ1v) is 12.0. The van der Waals surface area contributed by atoms with Gasteiger partial charge in [-0.1, -0.05) is 0 Å². The van der Waals surface area contributed by atoms with Crippen LogP contribution in [0.4, 0.5) is 16.3 Å². The molecule has 0 aliphatic carbocycles. The van der Waals surface area contributed by atoms with Crippen LogP contribution in [0.1, 0.15) is 35.2 Å². The number of nitrogens with zero attached hydrogens (tertiary/aromatic N) is 3. The molecule has 0 fully saturated rings. The summed E-state index contributed by atoms with van der Waals surface area (Å²) in [5.74, 6) is 1.27. The van der Waals surface area contributed by atoms with Crippen molar-refractivity contribution in [2.24, 2.45) is 5.73 Å². The molecule has 4 aromatic rings. The van der Waals surface area contributed by atoms with Crippen LogP contribution in [0.15, 0.2) is 61.1 Å². The maximum atomic E-state index is 12.6. The van der Waals surface area contributed by atoms with Crippen LogP contribution in [0.25, 0.3) is 16.9 Å². The van der Waals surface area contributed by atoms with Crippen LogP contribution in [0.5, 0.6) is 5.75 Å². The number of benzene rings is 2. The highest BCUT2D eigenvalue weighted by Crippen LogP contribution is 2.27. The molecule has 4 rings (SSSR count). The number of ether oxygens (including phenoxy) is 2. The van der Waals surface area contributed by atoms with Crippen molar-refractivity contribution in [2.75, 3.05) is 25.6 Å². The Bertz CT molecular complexity index is 1380. The number of hydrogen-bond acceptors (Lipinski definition) is 7. The van der Waals surface area contributed by atoms with Gasteiger partial charge in [-0.05, 0) is 74.2 Å².